The molecule has 2 aliphatic heterocycles. The first-order valence-corrected chi connectivity index (χ1v) is 22.0. The molecule has 0 amide bonds. The fourth-order valence-corrected chi connectivity index (χ4v) is 9.09. The largest absolute Gasteiger partial charge is 0.433 e. The fraction of sp³-hybridized carbons (Fsp3) is 0.326. The van der Waals surface area contributed by atoms with Crippen LogP contribution in [0.5, 0.6) is 0 Å². The van der Waals surface area contributed by atoms with Crippen LogP contribution < -0.4 is 16.2 Å². The first-order valence-electron chi connectivity index (χ1n) is 21.2. The van der Waals surface area contributed by atoms with E-state index in [-0.39, 0.29) is 0 Å². The fourth-order valence-electron chi connectivity index (χ4n) is 8.65. The molecule has 2 aliphatic rings. The van der Waals surface area contributed by atoms with Gasteiger partial charge in [-0.05, 0) is 129 Å². The van der Waals surface area contributed by atoms with Crippen LogP contribution in [0.3, 0.4) is 0 Å². The third kappa shape index (κ3) is 10.8. The average Bonchev–Trinajstić information content (AvgIpc) is 3.26. The van der Waals surface area contributed by atoms with Crippen molar-refractivity contribution in [3.8, 4) is 22.3 Å². The maximum absolute atomic E-state index is 10.7. The lowest BCUT2D eigenvalue weighted by atomic mass is 9.69. The van der Waals surface area contributed by atoms with Crippen molar-refractivity contribution in [2.75, 3.05) is 36.6 Å². The lowest BCUT2D eigenvalue weighted by Crippen LogP contribution is -2.47. The summed E-state index contributed by atoms with van der Waals surface area (Å²) in [6, 6.07) is 28.8. The molecule has 0 bridgehead atoms. The SMILES string of the molecule is CB(O)N(B(C)O)c1ncc(-c2ccccc2)c2cc(CN3CCC(C[B]C=O)CC3)c(Cl)cc12.Nc1ncc(-c2ccccc2)c2cc(CN3CCC(N)CC3)c(Cl)cc12. The molecule has 15 heteroatoms. The van der Waals surface area contributed by atoms with Crippen molar-refractivity contribution in [3.63, 3.8) is 0 Å². The van der Waals surface area contributed by atoms with Gasteiger partial charge >= 0.3 is 14.1 Å². The zero-order valence-electron chi connectivity index (χ0n) is 34.9. The van der Waals surface area contributed by atoms with E-state index in [1.807, 2.05) is 66.9 Å². The van der Waals surface area contributed by atoms with E-state index in [0.29, 0.717) is 28.6 Å². The maximum atomic E-state index is 10.7. The molecule has 0 unspecified atom stereocenters. The molecule has 2 fully saturated rings. The van der Waals surface area contributed by atoms with E-state index in [0.717, 1.165) is 137 Å². The number of nitrogens with two attached hydrogens (primary N) is 2. The minimum Gasteiger partial charge on any atom is -0.433 e. The van der Waals surface area contributed by atoms with E-state index in [1.54, 1.807) is 27.1 Å². The van der Waals surface area contributed by atoms with E-state index < -0.39 is 14.1 Å². The Morgan fingerprint density at radius 2 is 1.21 bits per heavy atom. The van der Waals surface area contributed by atoms with Crippen molar-refractivity contribution in [3.05, 3.63) is 118 Å². The lowest BCUT2D eigenvalue weighted by Gasteiger charge is -2.32. The highest BCUT2D eigenvalue weighted by molar-refractivity contribution is 6.75. The third-order valence-electron chi connectivity index (χ3n) is 12.0. The Hall–Kier alpha value is -4.46. The molecule has 61 heavy (non-hydrogen) atoms. The number of halogens is 2. The average molecular weight is 855 g/mol. The Labute approximate surface area is 370 Å². The molecular weight excluding hydrogens is 802 g/mol. The second-order valence-electron chi connectivity index (χ2n) is 16.4. The van der Waals surface area contributed by atoms with Crippen molar-refractivity contribution >= 4 is 83.9 Å². The smallest absolute Gasteiger partial charge is 0.399 e. The summed E-state index contributed by atoms with van der Waals surface area (Å²) in [5.74, 6) is 1.57. The number of hydrogen-bond donors (Lipinski definition) is 4. The number of carbonyl (C=O) groups excluding carboxylic acids is 1. The number of piperidine rings is 2. The molecule has 0 spiro atoms. The van der Waals surface area contributed by atoms with Gasteiger partial charge in [-0.2, -0.15) is 0 Å². The number of likely N-dealkylation sites (tertiary alicyclic amines) is 2. The third-order valence-corrected chi connectivity index (χ3v) is 12.7. The monoisotopic (exact) mass is 854 g/mol. The van der Waals surface area contributed by atoms with E-state index in [1.165, 1.54) is 4.72 Å². The normalized spacial score (nSPS) is 15.3. The van der Waals surface area contributed by atoms with Crippen molar-refractivity contribution in [1.29, 1.82) is 0 Å². The number of anilines is 2. The molecule has 4 heterocycles. The van der Waals surface area contributed by atoms with Gasteiger partial charge in [-0.25, -0.2) is 9.97 Å². The van der Waals surface area contributed by atoms with E-state index in [4.69, 9.17) is 34.7 Å². The van der Waals surface area contributed by atoms with Crippen molar-refractivity contribution in [2.24, 2.45) is 11.7 Å². The summed E-state index contributed by atoms with van der Waals surface area (Å²) in [5.41, 5.74) is 18.5. The summed E-state index contributed by atoms with van der Waals surface area (Å²) in [6.45, 7) is 8.75. The van der Waals surface area contributed by atoms with Gasteiger partial charge in [-0.1, -0.05) is 90.2 Å². The number of carbonyl (C=O) groups is 1. The number of aromatic nitrogens is 2. The van der Waals surface area contributed by atoms with Crippen molar-refractivity contribution < 1.29 is 14.8 Å². The van der Waals surface area contributed by atoms with Crippen LogP contribution in [-0.4, -0.2) is 89.6 Å². The summed E-state index contributed by atoms with van der Waals surface area (Å²) in [5, 5.41) is 25.9. The summed E-state index contributed by atoms with van der Waals surface area (Å²) < 4.78 is 1.48. The Kier molecular flexibility index (Phi) is 15.1. The van der Waals surface area contributed by atoms with Crippen LogP contribution in [0.2, 0.25) is 30.0 Å². The minimum atomic E-state index is -0.926. The molecule has 10 nitrogen and oxygen atoms in total. The molecule has 6 aromatic rings. The van der Waals surface area contributed by atoms with Crippen LogP contribution in [-0.2, 0) is 17.9 Å². The second kappa shape index (κ2) is 20.6. The highest BCUT2D eigenvalue weighted by atomic mass is 35.5. The number of benzene rings is 4. The highest BCUT2D eigenvalue weighted by Crippen LogP contribution is 2.38. The van der Waals surface area contributed by atoms with Gasteiger partial charge in [0.05, 0.1) is 6.19 Å². The first-order chi connectivity index (χ1) is 29.5. The summed E-state index contributed by atoms with van der Waals surface area (Å²) in [4.78, 5) is 24.5. The quantitative estimate of drug-likeness (QED) is 0.0703. The summed E-state index contributed by atoms with van der Waals surface area (Å²) in [6.07, 6.45) is 9.61. The molecule has 0 saturated carbocycles. The number of rotatable bonds is 12. The van der Waals surface area contributed by atoms with E-state index in [2.05, 4.69) is 44.0 Å². The lowest BCUT2D eigenvalue weighted by molar-refractivity contribution is 0.185. The molecule has 0 atom stereocenters. The first kappa shape index (κ1) is 44.6. The molecule has 2 saturated heterocycles. The molecule has 313 valence electrons. The van der Waals surface area contributed by atoms with Crippen LogP contribution in [0, 0.1) is 5.92 Å². The molecule has 2 aromatic heterocycles. The predicted molar refractivity (Wildman–Crippen MR) is 257 cm³/mol. The highest BCUT2D eigenvalue weighted by Gasteiger charge is 2.29. The van der Waals surface area contributed by atoms with Crippen molar-refractivity contribution in [2.45, 2.75) is 64.8 Å². The topological polar surface area (TPSA) is 145 Å². The maximum Gasteiger partial charge on any atom is 0.399 e. The van der Waals surface area contributed by atoms with Gasteiger partial charge < -0.3 is 31.0 Å². The number of nitrogen functional groups attached to an aromatic ring is 1. The van der Waals surface area contributed by atoms with Crippen LogP contribution in [0.25, 0.3) is 43.8 Å². The molecular formula is C46H53B3Cl2N7O3. The summed E-state index contributed by atoms with van der Waals surface area (Å²) in [7, 11) is -0.130. The number of hydrogen-bond acceptors (Lipinski definition) is 10. The molecule has 8 rings (SSSR count). The Morgan fingerprint density at radius 3 is 1.72 bits per heavy atom. The van der Waals surface area contributed by atoms with Gasteiger partial charge in [0, 0.05) is 63.5 Å². The van der Waals surface area contributed by atoms with Gasteiger partial charge in [0.15, 0.2) is 7.28 Å². The van der Waals surface area contributed by atoms with Crippen LogP contribution in [0.1, 0.15) is 36.8 Å². The standard InChI is InChI=1S/C25H30B3ClN3O3.C21H23ClN4/c1-27(34)32(28(2)35)25-22-13-24(29)20(16-31-10-8-18(9-11-31)14-26-17-33)12-21(22)23(15-30-25)19-6-4-3-5-7-19;22-20-11-18-17(10-15(20)13-26-8-6-16(23)7-9-26)19(12-25-21(18)24)14-4-2-1-3-5-14/h3-7,12-13,15,17-18,34-35H,8-11,14,16H2,1-2H3;1-5,10-12,16H,6-9,13,23H2,(H2,24,25). The number of fused-ring (bicyclic) bond motifs is 2. The van der Waals surface area contributed by atoms with Crippen molar-refractivity contribution in [1.82, 2.24) is 19.8 Å². The number of pyridine rings is 2. The molecule has 6 N–H and O–H groups in total. The molecule has 4 aromatic carbocycles. The predicted octanol–water partition coefficient (Wildman–Crippen LogP) is 8.17. The van der Waals surface area contributed by atoms with Gasteiger partial charge in [0.1, 0.15) is 11.6 Å². The number of nitrogens with zero attached hydrogens (tertiary/aromatic N) is 5. The zero-order chi connectivity index (χ0) is 43.0. The zero-order valence-corrected chi connectivity index (χ0v) is 36.4. The van der Waals surface area contributed by atoms with Gasteiger partial charge in [0.25, 0.3) is 0 Å². The van der Waals surface area contributed by atoms with E-state index in [9.17, 15) is 14.8 Å². The molecule has 0 aliphatic carbocycles. The van der Waals surface area contributed by atoms with Gasteiger partial charge in [-0.15, -0.1) is 0 Å². The Balaban J connectivity index is 0.000000192. The summed E-state index contributed by atoms with van der Waals surface area (Å²) >= 11 is 13.4. The van der Waals surface area contributed by atoms with Crippen LogP contribution in [0.15, 0.2) is 97.3 Å². The van der Waals surface area contributed by atoms with Crippen LogP contribution in [0.4, 0.5) is 11.6 Å². The van der Waals surface area contributed by atoms with Gasteiger partial charge in [0.2, 0.25) is 0 Å². The van der Waals surface area contributed by atoms with E-state index >= 15 is 0 Å². The Bertz CT molecular complexity index is 2410. The van der Waals surface area contributed by atoms with Gasteiger partial charge in [-0.3, -0.25) is 9.80 Å². The Morgan fingerprint density at radius 1 is 0.738 bits per heavy atom. The minimum absolute atomic E-state index is 0.328. The molecule has 1 radical (unpaired) electrons. The second-order valence-corrected chi connectivity index (χ2v) is 17.2. The van der Waals surface area contributed by atoms with Crippen LogP contribution >= 0.6 is 23.2 Å².